The number of amides is 1. The number of carbonyl (C=O) groups is 1. The fourth-order valence-electron chi connectivity index (χ4n) is 2.68. The third-order valence-corrected chi connectivity index (χ3v) is 4.40. The monoisotopic (exact) mass is 397 g/mol. The van der Waals surface area contributed by atoms with Gasteiger partial charge in [-0.15, -0.1) is 0 Å². The second-order valence-corrected chi connectivity index (χ2v) is 8.20. The molecule has 1 amide bonds. The summed E-state index contributed by atoms with van der Waals surface area (Å²) in [5, 5.41) is 6.83. The highest BCUT2D eigenvalue weighted by Gasteiger charge is 2.31. The summed E-state index contributed by atoms with van der Waals surface area (Å²) in [6, 6.07) is 4.09. The summed E-state index contributed by atoms with van der Waals surface area (Å²) in [5.41, 5.74) is -0.497. The van der Waals surface area contributed by atoms with Crippen molar-refractivity contribution in [3.63, 3.8) is 0 Å². The number of halogens is 3. The van der Waals surface area contributed by atoms with Crippen LogP contribution in [0.15, 0.2) is 28.8 Å². The second-order valence-electron chi connectivity index (χ2n) is 8.20. The number of alkyl halides is 3. The second kappa shape index (κ2) is 8.32. The number of hydrogen-bond donors (Lipinski definition) is 1. The molecule has 0 aliphatic heterocycles. The number of rotatable bonds is 6. The highest BCUT2D eigenvalue weighted by atomic mass is 19.4. The van der Waals surface area contributed by atoms with Gasteiger partial charge in [-0.3, -0.25) is 4.79 Å². The number of nitrogens with zero attached hydrogens (tertiary/aromatic N) is 2. The van der Waals surface area contributed by atoms with Crippen molar-refractivity contribution in [3.8, 4) is 11.4 Å². The first kappa shape index (κ1) is 21.9. The van der Waals surface area contributed by atoms with Crippen LogP contribution in [0, 0.1) is 11.3 Å². The molecule has 1 aromatic heterocycles. The van der Waals surface area contributed by atoms with Gasteiger partial charge in [-0.05, 0) is 23.5 Å². The summed E-state index contributed by atoms with van der Waals surface area (Å²) >= 11 is 0. The maximum absolute atomic E-state index is 12.7. The molecule has 1 aromatic carbocycles. The van der Waals surface area contributed by atoms with Crippen molar-refractivity contribution in [1.82, 2.24) is 15.5 Å². The van der Waals surface area contributed by atoms with E-state index in [0.717, 1.165) is 18.6 Å². The molecule has 28 heavy (non-hydrogen) atoms. The molecular weight excluding hydrogens is 371 g/mol. The van der Waals surface area contributed by atoms with Gasteiger partial charge in [0.25, 0.3) is 0 Å². The minimum Gasteiger partial charge on any atom is -0.344 e. The molecule has 0 radical (unpaired) electrons. The van der Waals surface area contributed by atoms with Gasteiger partial charge in [-0.25, -0.2) is 0 Å². The predicted molar refractivity (Wildman–Crippen MR) is 99.1 cm³/mol. The van der Waals surface area contributed by atoms with E-state index in [0.29, 0.717) is 12.0 Å². The SMILES string of the molecule is CCC(C)C(NC(=O)CC(C)(C)C)c1nc(-c2ccc(C(F)(F)F)cc2)no1. The molecule has 0 bridgehead atoms. The molecule has 0 saturated carbocycles. The van der Waals surface area contributed by atoms with Crippen LogP contribution in [0.25, 0.3) is 11.4 Å². The highest BCUT2D eigenvalue weighted by molar-refractivity contribution is 5.77. The predicted octanol–water partition coefficient (Wildman–Crippen LogP) is 5.40. The molecule has 0 aliphatic carbocycles. The largest absolute Gasteiger partial charge is 0.416 e. The Balaban J connectivity index is 2.23. The van der Waals surface area contributed by atoms with Gasteiger partial charge in [0, 0.05) is 12.0 Å². The lowest BCUT2D eigenvalue weighted by molar-refractivity contribution is -0.137. The fourth-order valence-corrected chi connectivity index (χ4v) is 2.68. The Hall–Kier alpha value is -2.38. The zero-order chi connectivity index (χ0) is 21.1. The van der Waals surface area contributed by atoms with Crippen LogP contribution < -0.4 is 5.32 Å². The van der Waals surface area contributed by atoms with Crippen LogP contribution in [0.5, 0.6) is 0 Å². The Bertz CT molecular complexity index is 792. The quantitative estimate of drug-likeness (QED) is 0.709. The van der Waals surface area contributed by atoms with Crippen LogP contribution in [-0.4, -0.2) is 16.0 Å². The molecule has 2 rings (SSSR count). The average molecular weight is 397 g/mol. The summed E-state index contributed by atoms with van der Waals surface area (Å²) < 4.78 is 43.5. The first-order valence-electron chi connectivity index (χ1n) is 9.21. The van der Waals surface area contributed by atoms with E-state index in [1.165, 1.54) is 12.1 Å². The van der Waals surface area contributed by atoms with Gasteiger partial charge in [-0.2, -0.15) is 18.2 Å². The minimum atomic E-state index is -4.40. The van der Waals surface area contributed by atoms with Gasteiger partial charge in [0.2, 0.25) is 17.6 Å². The molecule has 0 spiro atoms. The van der Waals surface area contributed by atoms with E-state index in [-0.39, 0.29) is 29.0 Å². The van der Waals surface area contributed by atoms with Gasteiger partial charge >= 0.3 is 6.18 Å². The molecule has 2 atom stereocenters. The van der Waals surface area contributed by atoms with E-state index < -0.39 is 17.8 Å². The zero-order valence-corrected chi connectivity index (χ0v) is 16.7. The van der Waals surface area contributed by atoms with Crippen LogP contribution in [-0.2, 0) is 11.0 Å². The van der Waals surface area contributed by atoms with E-state index in [2.05, 4.69) is 15.5 Å². The van der Waals surface area contributed by atoms with Crippen LogP contribution in [0.4, 0.5) is 13.2 Å². The summed E-state index contributed by atoms with van der Waals surface area (Å²) in [5.74, 6) is 0.352. The highest BCUT2D eigenvalue weighted by Crippen LogP contribution is 2.31. The average Bonchev–Trinajstić information content (AvgIpc) is 3.06. The van der Waals surface area contributed by atoms with Gasteiger partial charge in [0.15, 0.2) is 0 Å². The molecule has 0 fully saturated rings. The van der Waals surface area contributed by atoms with Crippen molar-refractivity contribution in [3.05, 3.63) is 35.7 Å². The van der Waals surface area contributed by atoms with Crippen LogP contribution in [0.1, 0.15) is 65.0 Å². The number of carbonyl (C=O) groups excluding carboxylic acids is 1. The Morgan fingerprint density at radius 3 is 2.29 bits per heavy atom. The van der Waals surface area contributed by atoms with Crippen LogP contribution in [0.3, 0.4) is 0 Å². The number of hydrogen-bond acceptors (Lipinski definition) is 4. The lowest BCUT2D eigenvalue weighted by Gasteiger charge is -2.23. The van der Waals surface area contributed by atoms with E-state index in [4.69, 9.17) is 4.52 Å². The molecule has 5 nitrogen and oxygen atoms in total. The van der Waals surface area contributed by atoms with Crippen molar-refractivity contribution in [1.29, 1.82) is 0 Å². The lowest BCUT2D eigenvalue weighted by atomic mass is 9.91. The van der Waals surface area contributed by atoms with E-state index in [1.807, 2.05) is 34.6 Å². The topological polar surface area (TPSA) is 68.0 Å². The van der Waals surface area contributed by atoms with E-state index in [1.54, 1.807) is 0 Å². The van der Waals surface area contributed by atoms with Crippen molar-refractivity contribution in [2.75, 3.05) is 0 Å². The third-order valence-electron chi connectivity index (χ3n) is 4.40. The Morgan fingerprint density at radius 2 is 1.79 bits per heavy atom. The molecule has 0 aliphatic rings. The fraction of sp³-hybridized carbons (Fsp3) is 0.550. The normalized spacial score (nSPS) is 14.6. The van der Waals surface area contributed by atoms with Crippen LogP contribution >= 0.6 is 0 Å². The zero-order valence-electron chi connectivity index (χ0n) is 16.7. The minimum absolute atomic E-state index is 0.0461. The van der Waals surface area contributed by atoms with Crippen molar-refractivity contribution in [2.24, 2.45) is 11.3 Å². The molecule has 1 heterocycles. The van der Waals surface area contributed by atoms with Crippen molar-refractivity contribution < 1.29 is 22.5 Å². The Morgan fingerprint density at radius 1 is 1.18 bits per heavy atom. The molecule has 2 unspecified atom stereocenters. The maximum atomic E-state index is 12.7. The molecule has 154 valence electrons. The first-order chi connectivity index (χ1) is 12.9. The first-order valence-corrected chi connectivity index (χ1v) is 9.21. The number of aromatic nitrogens is 2. The Kier molecular flexibility index (Phi) is 6.52. The van der Waals surface area contributed by atoms with Gasteiger partial charge in [0.05, 0.1) is 5.56 Å². The molecule has 2 aromatic rings. The number of nitrogens with one attached hydrogen (secondary N) is 1. The number of benzene rings is 1. The molecule has 0 saturated heterocycles. The standard InChI is InChI=1S/C20H26F3N3O2/c1-6-12(2)16(24-15(27)11-19(3,4)5)18-25-17(26-28-18)13-7-9-14(10-8-13)20(21,22)23/h7-10,12,16H,6,11H2,1-5H3,(H,24,27). The lowest BCUT2D eigenvalue weighted by Crippen LogP contribution is -2.34. The van der Waals surface area contributed by atoms with Crippen LogP contribution in [0.2, 0.25) is 0 Å². The van der Waals surface area contributed by atoms with E-state index >= 15 is 0 Å². The summed E-state index contributed by atoms with van der Waals surface area (Å²) in [6.45, 7) is 9.87. The van der Waals surface area contributed by atoms with E-state index in [9.17, 15) is 18.0 Å². The third kappa shape index (κ3) is 5.81. The summed E-state index contributed by atoms with van der Waals surface area (Å²) in [7, 11) is 0. The molecular formula is C20H26F3N3O2. The maximum Gasteiger partial charge on any atom is 0.416 e. The van der Waals surface area contributed by atoms with Crippen molar-refractivity contribution >= 4 is 5.91 Å². The van der Waals surface area contributed by atoms with Crippen molar-refractivity contribution in [2.45, 2.75) is 59.7 Å². The van der Waals surface area contributed by atoms with Gasteiger partial charge in [0.1, 0.15) is 6.04 Å². The Labute approximate surface area is 162 Å². The summed E-state index contributed by atoms with van der Waals surface area (Å²) in [6.07, 6.45) is -3.28. The molecule has 1 N–H and O–H groups in total. The summed E-state index contributed by atoms with van der Waals surface area (Å²) in [4.78, 5) is 16.7. The van der Waals surface area contributed by atoms with Gasteiger partial charge < -0.3 is 9.84 Å². The molecule has 8 heteroatoms. The smallest absolute Gasteiger partial charge is 0.344 e. The van der Waals surface area contributed by atoms with Gasteiger partial charge in [-0.1, -0.05) is 58.3 Å².